The van der Waals surface area contributed by atoms with Crippen molar-refractivity contribution in [2.24, 2.45) is 0 Å². The smallest absolute Gasteiger partial charge is 0.254 e. The fraction of sp³-hybridized carbons (Fsp3) is 0.368. The van der Waals surface area contributed by atoms with Gasteiger partial charge in [-0.25, -0.2) is 0 Å². The number of methoxy groups -OCH3 is 1. The van der Waals surface area contributed by atoms with Gasteiger partial charge in [-0.1, -0.05) is 67.9 Å². The van der Waals surface area contributed by atoms with E-state index in [1.807, 2.05) is 96.9 Å². The highest BCUT2D eigenvalue weighted by Gasteiger charge is 2.23. The van der Waals surface area contributed by atoms with Crippen LogP contribution < -0.4 is 4.74 Å². The molecule has 0 atom stereocenters. The molecule has 0 spiro atoms. The van der Waals surface area contributed by atoms with Crippen LogP contribution in [-0.4, -0.2) is 59.6 Å². The third kappa shape index (κ3) is 10.4. The standard InChI is InChI=1S/C38H47N3O4/c1-4-6-13-31-19-21-34(22-20-31)38(43)40(24-12-25-45-5-2)30-37(42)41(27-32-14-8-7-9-15-32)29-35-17-11-23-39(35)28-33-16-10-18-36(26-33)44-3/h7-11,14-23,26H,4-6,12-13,24-25,27-30H2,1-3H3. The highest BCUT2D eigenvalue weighted by atomic mass is 16.5. The SMILES string of the molecule is CCCCc1ccc(C(=O)N(CCCOCC)CC(=O)N(Cc2ccccc2)Cc2cccn2Cc2cccc(OC)c2)cc1. The number of unbranched alkanes of at least 4 members (excludes halogenated alkanes) is 1. The van der Waals surface area contributed by atoms with E-state index in [0.29, 0.717) is 51.4 Å². The minimum atomic E-state index is -0.136. The van der Waals surface area contributed by atoms with Gasteiger partial charge in [0.25, 0.3) is 5.91 Å². The molecule has 45 heavy (non-hydrogen) atoms. The summed E-state index contributed by atoms with van der Waals surface area (Å²) in [6.07, 6.45) is 5.93. The van der Waals surface area contributed by atoms with Crippen LogP contribution in [0.15, 0.2) is 97.2 Å². The van der Waals surface area contributed by atoms with Crippen LogP contribution in [0.1, 0.15) is 65.9 Å². The molecule has 1 aromatic heterocycles. The summed E-state index contributed by atoms with van der Waals surface area (Å²) in [7, 11) is 1.67. The molecule has 0 saturated heterocycles. The lowest BCUT2D eigenvalue weighted by Crippen LogP contribution is -2.43. The molecule has 7 nitrogen and oxygen atoms in total. The Labute approximate surface area is 268 Å². The highest BCUT2D eigenvalue weighted by molar-refractivity contribution is 5.96. The van der Waals surface area contributed by atoms with Crippen LogP contribution in [0.5, 0.6) is 5.75 Å². The lowest BCUT2D eigenvalue weighted by Gasteiger charge is -2.28. The summed E-state index contributed by atoms with van der Waals surface area (Å²) >= 11 is 0. The van der Waals surface area contributed by atoms with Crippen molar-refractivity contribution in [2.45, 2.75) is 59.2 Å². The first-order chi connectivity index (χ1) is 22.0. The predicted molar refractivity (Wildman–Crippen MR) is 179 cm³/mol. The predicted octanol–water partition coefficient (Wildman–Crippen LogP) is 6.99. The van der Waals surface area contributed by atoms with Crippen molar-refractivity contribution in [3.05, 3.63) is 125 Å². The number of rotatable bonds is 18. The Morgan fingerprint density at radius 1 is 0.778 bits per heavy atom. The minimum absolute atomic E-state index is 0.00797. The van der Waals surface area contributed by atoms with Gasteiger partial charge in [0.1, 0.15) is 12.3 Å². The summed E-state index contributed by atoms with van der Waals surface area (Å²) in [6, 6.07) is 29.9. The van der Waals surface area contributed by atoms with E-state index in [0.717, 1.165) is 41.8 Å². The quantitative estimate of drug-likeness (QED) is 0.114. The molecule has 0 bridgehead atoms. The number of ether oxygens (including phenoxy) is 2. The molecule has 0 aliphatic carbocycles. The van der Waals surface area contributed by atoms with E-state index in [1.54, 1.807) is 12.0 Å². The molecule has 0 radical (unpaired) electrons. The fourth-order valence-corrected chi connectivity index (χ4v) is 5.34. The average molecular weight is 610 g/mol. The van der Waals surface area contributed by atoms with Crippen LogP contribution in [0.3, 0.4) is 0 Å². The number of aryl methyl sites for hydroxylation is 1. The normalized spacial score (nSPS) is 10.9. The first kappa shape index (κ1) is 33.5. The number of aromatic nitrogens is 1. The van der Waals surface area contributed by atoms with Crippen LogP contribution in [0.2, 0.25) is 0 Å². The second-order valence-electron chi connectivity index (χ2n) is 11.3. The van der Waals surface area contributed by atoms with E-state index in [2.05, 4.69) is 23.6 Å². The van der Waals surface area contributed by atoms with Crippen molar-refractivity contribution >= 4 is 11.8 Å². The number of nitrogens with zero attached hydrogens (tertiary/aromatic N) is 3. The average Bonchev–Trinajstić information content (AvgIpc) is 3.51. The lowest BCUT2D eigenvalue weighted by molar-refractivity contribution is -0.133. The van der Waals surface area contributed by atoms with Gasteiger partial charge in [0.15, 0.2) is 0 Å². The lowest BCUT2D eigenvalue weighted by atomic mass is 10.1. The Bertz CT molecular complexity index is 1470. The van der Waals surface area contributed by atoms with Crippen molar-refractivity contribution in [1.29, 1.82) is 0 Å². The van der Waals surface area contributed by atoms with Crippen LogP contribution >= 0.6 is 0 Å². The molecular weight excluding hydrogens is 562 g/mol. The Kier molecular flexibility index (Phi) is 13.3. The van der Waals surface area contributed by atoms with Crippen LogP contribution in [-0.2, 0) is 35.6 Å². The molecule has 0 saturated carbocycles. The molecule has 4 aromatic rings. The largest absolute Gasteiger partial charge is 0.497 e. The third-order valence-corrected chi connectivity index (χ3v) is 7.89. The van der Waals surface area contributed by atoms with Crippen LogP contribution in [0, 0.1) is 0 Å². The Balaban J connectivity index is 1.54. The van der Waals surface area contributed by atoms with Crippen molar-refractivity contribution in [1.82, 2.24) is 14.4 Å². The topological polar surface area (TPSA) is 64.0 Å². The molecule has 1 heterocycles. The first-order valence-corrected chi connectivity index (χ1v) is 16.0. The van der Waals surface area contributed by atoms with Gasteiger partial charge in [-0.15, -0.1) is 0 Å². The van der Waals surface area contributed by atoms with E-state index in [4.69, 9.17) is 9.47 Å². The van der Waals surface area contributed by atoms with E-state index in [1.165, 1.54) is 5.56 Å². The van der Waals surface area contributed by atoms with E-state index in [-0.39, 0.29) is 18.4 Å². The molecule has 4 rings (SSSR count). The number of carbonyl (C=O) groups is 2. The van der Waals surface area contributed by atoms with Gasteiger partial charge in [-0.3, -0.25) is 9.59 Å². The Hall–Kier alpha value is -4.36. The zero-order valence-corrected chi connectivity index (χ0v) is 27.0. The third-order valence-electron chi connectivity index (χ3n) is 7.89. The Morgan fingerprint density at radius 3 is 2.29 bits per heavy atom. The van der Waals surface area contributed by atoms with Crippen molar-refractivity contribution in [3.63, 3.8) is 0 Å². The number of amides is 2. The molecule has 0 unspecified atom stereocenters. The molecule has 3 aromatic carbocycles. The number of carbonyl (C=O) groups excluding carboxylic acids is 2. The van der Waals surface area contributed by atoms with E-state index in [9.17, 15) is 9.59 Å². The first-order valence-electron chi connectivity index (χ1n) is 16.0. The molecule has 0 aliphatic rings. The number of hydrogen-bond acceptors (Lipinski definition) is 4. The second kappa shape index (κ2) is 17.8. The van der Waals surface area contributed by atoms with Gasteiger partial charge < -0.3 is 23.8 Å². The molecule has 0 fully saturated rings. The van der Waals surface area contributed by atoms with Gasteiger partial charge >= 0.3 is 0 Å². The summed E-state index contributed by atoms with van der Waals surface area (Å²) in [5.41, 5.74) is 4.98. The summed E-state index contributed by atoms with van der Waals surface area (Å²) in [4.78, 5) is 31.4. The second-order valence-corrected chi connectivity index (χ2v) is 11.3. The van der Waals surface area contributed by atoms with E-state index < -0.39 is 0 Å². The molecular formula is C38H47N3O4. The molecule has 2 amide bonds. The molecule has 7 heteroatoms. The van der Waals surface area contributed by atoms with Crippen LogP contribution in [0.25, 0.3) is 0 Å². The monoisotopic (exact) mass is 609 g/mol. The van der Waals surface area contributed by atoms with Gasteiger partial charge in [0.2, 0.25) is 5.91 Å². The maximum absolute atomic E-state index is 14.1. The maximum atomic E-state index is 14.1. The Morgan fingerprint density at radius 2 is 1.56 bits per heavy atom. The van der Waals surface area contributed by atoms with Gasteiger partial charge in [0, 0.05) is 50.3 Å². The maximum Gasteiger partial charge on any atom is 0.254 e. The summed E-state index contributed by atoms with van der Waals surface area (Å²) < 4.78 is 13.1. The van der Waals surface area contributed by atoms with Crippen molar-refractivity contribution in [3.8, 4) is 5.75 Å². The summed E-state index contributed by atoms with van der Waals surface area (Å²) in [5.74, 6) is 0.576. The molecule has 238 valence electrons. The van der Waals surface area contributed by atoms with Gasteiger partial charge in [-0.2, -0.15) is 0 Å². The molecule has 0 N–H and O–H groups in total. The van der Waals surface area contributed by atoms with Gasteiger partial charge in [0.05, 0.1) is 13.7 Å². The van der Waals surface area contributed by atoms with Crippen LogP contribution in [0.4, 0.5) is 0 Å². The fourth-order valence-electron chi connectivity index (χ4n) is 5.34. The zero-order valence-electron chi connectivity index (χ0n) is 27.0. The summed E-state index contributed by atoms with van der Waals surface area (Å²) in [5, 5.41) is 0. The van der Waals surface area contributed by atoms with E-state index >= 15 is 0 Å². The number of benzene rings is 3. The highest BCUT2D eigenvalue weighted by Crippen LogP contribution is 2.18. The van der Waals surface area contributed by atoms with Crippen molar-refractivity contribution in [2.75, 3.05) is 33.4 Å². The number of hydrogen-bond donors (Lipinski definition) is 0. The summed E-state index contributed by atoms with van der Waals surface area (Å²) in [6.45, 7) is 7.23. The molecule has 0 aliphatic heterocycles. The minimum Gasteiger partial charge on any atom is -0.497 e. The van der Waals surface area contributed by atoms with Gasteiger partial charge in [-0.05, 0) is 79.3 Å². The van der Waals surface area contributed by atoms with Crippen molar-refractivity contribution < 1.29 is 19.1 Å². The zero-order chi connectivity index (χ0) is 31.9.